The van der Waals surface area contributed by atoms with Crippen LogP contribution in [-0.4, -0.2) is 4.98 Å². The van der Waals surface area contributed by atoms with Crippen molar-refractivity contribution in [3.05, 3.63) is 58.6 Å². The quantitative estimate of drug-likeness (QED) is 0.852. The van der Waals surface area contributed by atoms with E-state index < -0.39 is 5.82 Å². The van der Waals surface area contributed by atoms with Gasteiger partial charge in [-0.15, -0.1) is 0 Å². The number of aromatic nitrogens is 1. The van der Waals surface area contributed by atoms with Crippen LogP contribution in [0.4, 0.5) is 4.39 Å². The monoisotopic (exact) mass is 262 g/mol. The fourth-order valence-electron chi connectivity index (χ4n) is 1.32. The number of ether oxygens (including phenoxy) is 1. The van der Waals surface area contributed by atoms with Gasteiger partial charge in [0, 0.05) is 11.2 Å². The Kier molecular flexibility index (Phi) is 3.75. The molecule has 1 aromatic carbocycles. The highest BCUT2D eigenvalue weighted by Gasteiger charge is 2.04. The van der Waals surface area contributed by atoms with Gasteiger partial charge in [0.15, 0.2) is 11.6 Å². The zero-order chi connectivity index (χ0) is 13.0. The summed E-state index contributed by atoms with van der Waals surface area (Å²) in [6.07, 6.45) is 1.44. The fraction of sp³-hybridized carbons (Fsp3) is 0.0769. The molecule has 0 aliphatic heterocycles. The van der Waals surface area contributed by atoms with Crippen LogP contribution >= 0.6 is 11.6 Å². The third kappa shape index (κ3) is 2.96. The normalized spacial score (nSPS) is 9.83. The van der Waals surface area contributed by atoms with Crippen LogP contribution < -0.4 is 4.74 Å². The van der Waals surface area contributed by atoms with Crippen LogP contribution in [0.3, 0.4) is 0 Å². The second kappa shape index (κ2) is 5.48. The van der Waals surface area contributed by atoms with E-state index in [1.54, 1.807) is 18.2 Å². The van der Waals surface area contributed by atoms with Crippen molar-refractivity contribution in [1.29, 1.82) is 5.26 Å². The molecule has 0 fully saturated rings. The Morgan fingerprint density at radius 3 is 2.78 bits per heavy atom. The van der Waals surface area contributed by atoms with Gasteiger partial charge in [-0.1, -0.05) is 11.6 Å². The van der Waals surface area contributed by atoms with Crippen molar-refractivity contribution < 1.29 is 9.13 Å². The number of hydrogen-bond donors (Lipinski definition) is 0. The van der Waals surface area contributed by atoms with Crippen LogP contribution in [0.2, 0.25) is 5.02 Å². The van der Waals surface area contributed by atoms with Gasteiger partial charge in [0.1, 0.15) is 12.7 Å². The number of nitrogens with zero attached hydrogens (tertiary/aromatic N) is 2. The summed E-state index contributed by atoms with van der Waals surface area (Å²) < 4.78 is 18.7. The Bertz CT molecular complexity index is 593. The smallest absolute Gasteiger partial charge is 0.166 e. The Hall–Kier alpha value is -2.12. The molecule has 0 N–H and O–H groups in total. The molecule has 0 amide bonds. The molecule has 0 aliphatic rings. The van der Waals surface area contributed by atoms with E-state index in [9.17, 15) is 4.39 Å². The first-order valence-electron chi connectivity index (χ1n) is 5.12. The minimum atomic E-state index is -0.517. The van der Waals surface area contributed by atoms with E-state index in [2.05, 4.69) is 4.98 Å². The second-order valence-corrected chi connectivity index (χ2v) is 3.95. The first kappa shape index (κ1) is 12.3. The summed E-state index contributed by atoms with van der Waals surface area (Å²) >= 11 is 5.63. The number of pyridine rings is 1. The molecule has 2 rings (SSSR count). The highest BCUT2D eigenvalue weighted by atomic mass is 35.5. The second-order valence-electron chi connectivity index (χ2n) is 3.51. The van der Waals surface area contributed by atoms with Gasteiger partial charge in [0.25, 0.3) is 0 Å². The third-order valence-corrected chi connectivity index (χ3v) is 2.46. The van der Waals surface area contributed by atoms with Crippen molar-refractivity contribution in [2.75, 3.05) is 0 Å². The lowest BCUT2D eigenvalue weighted by molar-refractivity contribution is 0.286. The number of benzene rings is 1. The molecule has 0 spiro atoms. The van der Waals surface area contributed by atoms with E-state index in [4.69, 9.17) is 21.6 Å². The minimum Gasteiger partial charge on any atom is -0.484 e. The molecule has 1 heterocycles. The molecular formula is C13H8ClFN2O. The number of halogens is 2. The van der Waals surface area contributed by atoms with Crippen LogP contribution in [0.15, 0.2) is 36.5 Å². The van der Waals surface area contributed by atoms with Gasteiger partial charge >= 0.3 is 0 Å². The molecule has 0 saturated heterocycles. The molecule has 0 saturated carbocycles. The van der Waals surface area contributed by atoms with Crippen molar-refractivity contribution in [2.45, 2.75) is 6.61 Å². The lowest BCUT2D eigenvalue weighted by Gasteiger charge is -2.06. The molecule has 0 bridgehead atoms. The number of nitriles is 1. The molecule has 0 aliphatic carbocycles. The molecule has 2 aromatic rings. The Morgan fingerprint density at radius 2 is 2.17 bits per heavy atom. The van der Waals surface area contributed by atoms with E-state index in [0.717, 1.165) is 0 Å². The Labute approximate surface area is 108 Å². The van der Waals surface area contributed by atoms with E-state index in [-0.39, 0.29) is 12.4 Å². The zero-order valence-corrected chi connectivity index (χ0v) is 9.99. The van der Waals surface area contributed by atoms with Gasteiger partial charge in [0.2, 0.25) is 0 Å². The maximum Gasteiger partial charge on any atom is 0.166 e. The molecule has 3 nitrogen and oxygen atoms in total. The molecule has 5 heteroatoms. The summed E-state index contributed by atoms with van der Waals surface area (Å²) in [4.78, 5) is 4.02. The molecular weight excluding hydrogens is 255 g/mol. The maximum absolute atomic E-state index is 13.4. The average molecular weight is 263 g/mol. The summed E-state index contributed by atoms with van der Waals surface area (Å²) in [6, 6.07) is 9.44. The first-order chi connectivity index (χ1) is 8.69. The average Bonchev–Trinajstić information content (AvgIpc) is 2.38. The maximum atomic E-state index is 13.4. The summed E-state index contributed by atoms with van der Waals surface area (Å²) in [5.41, 5.74) is 1.08. The summed E-state index contributed by atoms with van der Waals surface area (Å²) in [5.74, 6) is -0.401. The van der Waals surface area contributed by atoms with E-state index in [1.165, 1.54) is 18.3 Å². The Balaban J connectivity index is 2.04. The van der Waals surface area contributed by atoms with Crippen molar-refractivity contribution in [3.8, 4) is 11.8 Å². The van der Waals surface area contributed by atoms with Gasteiger partial charge in [-0.25, -0.2) is 4.39 Å². The van der Waals surface area contributed by atoms with Crippen molar-refractivity contribution >= 4 is 11.6 Å². The van der Waals surface area contributed by atoms with Gasteiger partial charge in [0.05, 0.1) is 11.3 Å². The molecule has 0 atom stereocenters. The van der Waals surface area contributed by atoms with E-state index >= 15 is 0 Å². The van der Waals surface area contributed by atoms with Gasteiger partial charge in [-0.05, 0) is 30.3 Å². The van der Waals surface area contributed by atoms with Gasteiger partial charge in [-0.3, -0.25) is 4.98 Å². The van der Waals surface area contributed by atoms with Crippen LogP contribution in [0, 0.1) is 17.1 Å². The van der Waals surface area contributed by atoms with Crippen LogP contribution in [0.5, 0.6) is 5.75 Å². The summed E-state index contributed by atoms with van der Waals surface area (Å²) in [6.45, 7) is 0.129. The highest BCUT2D eigenvalue weighted by Crippen LogP contribution is 2.21. The van der Waals surface area contributed by atoms with E-state index in [0.29, 0.717) is 16.3 Å². The summed E-state index contributed by atoms with van der Waals surface area (Å²) in [7, 11) is 0. The van der Waals surface area contributed by atoms with Crippen molar-refractivity contribution in [1.82, 2.24) is 4.98 Å². The molecule has 0 radical (unpaired) electrons. The Morgan fingerprint density at radius 1 is 1.33 bits per heavy atom. The fourth-order valence-corrected chi connectivity index (χ4v) is 1.48. The molecule has 90 valence electrons. The van der Waals surface area contributed by atoms with Crippen LogP contribution in [0.25, 0.3) is 0 Å². The lowest BCUT2D eigenvalue weighted by atomic mass is 10.3. The number of hydrogen-bond acceptors (Lipinski definition) is 3. The van der Waals surface area contributed by atoms with Crippen molar-refractivity contribution in [3.63, 3.8) is 0 Å². The predicted molar refractivity (Wildman–Crippen MR) is 64.7 cm³/mol. The first-order valence-corrected chi connectivity index (χ1v) is 5.50. The topological polar surface area (TPSA) is 45.9 Å². The van der Waals surface area contributed by atoms with Crippen LogP contribution in [0.1, 0.15) is 11.3 Å². The largest absolute Gasteiger partial charge is 0.484 e. The zero-order valence-electron chi connectivity index (χ0n) is 9.23. The lowest BCUT2D eigenvalue weighted by Crippen LogP contribution is -1.99. The van der Waals surface area contributed by atoms with Gasteiger partial charge < -0.3 is 4.74 Å². The van der Waals surface area contributed by atoms with Gasteiger partial charge in [-0.2, -0.15) is 5.26 Å². The SMILES string of the molecule is N#Cc1ccc(COc2ccc(Cl)cc2F)nc1. The van der Waals surface area contributed by atoms with Crippen molar-refractivity contribution in [2.24, 2.45) is 0 Å². The standard InChI is InChI=1S/C13H8ClFN2O/c14-10-2-4-13(12(15)5-10)18-8-11-3-1-9(6-16)7-17-11/h1-5,7H,8H2. The summed E-state index contributed by atoms with van der Waals surface area (Å²) in [5, 5.41) is 8.93. The third-order valence-electron chi connectivity index (χ3n) is 2.22. The molecule has 0 unspecified atom stereocenters. The predicted octanol–water partition coefficient (Wildman–Crippen LogP) is 3.32. The molecule has 18 heavy (non-hydrogen) atoms. The molecule has 1 aromatic heterocycles. The minimum absolute atomic E-state index is 0.116. The number of rotatable bonds is 3. The highest BCUT2D eigenvalue weighted by molar-refractivity contribution is 6.30. The van der Waals surface area contributed by atoms with Crippen LogP contribution in [-0.2, 0) is 6.61 Å². The van der Waals surface area contributed by atoms with E-state index in [1.807, 2.05) is 6.07 Å².